The summed E-state index contributed by atoms with van der Waals surface area (Å²) in [6, 6.07) is 18.7. The predicted octanol–water partition coefficient (Wildman–Crippen LogP) is 5.68. The van der Waals surface area contributed by atoms with Crippen molar-refractivity contribution in [1.82, 2.24) is 0 Å². The van der Waals surface area contributed by atoms with Gasteiger partial charge in [0.2, 0.25) is 0 Å². The van der Waals surface area contributed by atoms with Crippen molar-refractivity contribution in [3.8, 4) is 17.1 Å². The molecular formula is C21H20O3S. The number of aromatic hydroxyl groups is 1. The van der Waals surface area contributed by atoms with Crippen LogP contribution in [-0.2, 0) is 0 Å². The number of rotatable bonds is 5. The fourth-order valence-electron chi connectivity index (χ4n) is 2.62. The molecule has 1 N–H and O–H groups in total. The first-order valence-electron chi connectivity index (χ1n) is 8.29. The lowest BCUT2D eigenvalue weighted by Crippen LogP contribution is -2.03. The molecule has 25 heavy (non-hydrogen) atoms. The van der Waals surface area contributed by atoms with Gasteiger partial charge in [0.1, 0.15) is 16.4 Å². The molecular weight excluding hydrogens is 332 g/mol. The molecule has 3 nitrogen and oxygen atoms in total. The van der Waals surface area contributed by atoms with Gasteiger partial charge in [0.05, 0.1) is 0 Å². The van der Waals surface area contributed by atoms with Gasteiger partial charge in [0.25, 0.3) is 0 Å². The second-order valence-electron chi connectivity index (χ2n) is 5.93. The van der Waals surface area contributed by atoms with E-state index in [2.05, 4.69) is 19.9 Å². The first-order valence-corrected chi connectivity index (χ1v) is 9.11. The van der Waals surface area contributed by atoms with Gasteiger partial charge in [-0.25, -0.2) is 4.79 Å². The molecule has 1 unspecified atom stereocenters. The second-order valence-corrected chi connectivity index (χ2v) is 6.98. The molecule has 0 aliphatic heterocycles. The van der Waals surface area contributed by atoms with E-state index < -0.39 is 5.63 Å². The largest absolute Gasteiger partial charge is 0.506 e. The first kappa shape index (κ1) is 17.4. The lowest BCUT2D eigenvalue weighted by molar-refractivity contribution is 0.430. The third-order valence-electron chi connectivity index (χ3n) is 4.22. The fourth-order valence-corrected chi connectivity index (χ4v) is 3.66. The van der Waals surface area contributed by atoms with Crippen molar-refractivity contribution in [2.45, 2.75) is 36.0 Å². The molecule has 3 aromatic rings. The molecule has 3 rings (SSSR count). The molecule has 1 aromatic heterocycles. The van der Waals surface area contributed by atoms with E-state index >= 15 is 0 Å². The topological polar surface area (TPSA) is 50.4 Å². The quantitative estimate of drug-likeness (QED) is 0.642. The summed E-state index contributed by atoms with van der Waals surface area (Å²) in [5, 5.41) is 10.4. The Kier molecular flexibility index (Phi) is 5.29. The SMILES string of the molecule is CCC(C)c1ccccc1Sc1c(O)cc(-c2ccccc2)oc1=O. The lowest BCUT2D eigenvalue weighted by Gasteiger charge is -2.14. The summed E-state index contributed by atoms with van der Waals surface area (Å²) in [4.78, 5) is 13.6. The van der Waals surface area contributed by atoms with E-state index in [4.69, 9.17) is 4.42 Å². The molecule has 4 heteroatoms. The molecule has 0 saturated carbocycles. The van der Waals surface area contributed by atoms with Crippen molar-refractivity contribution in [3.05, 3.63) is 76.6 Å². The molecule has 0 aliphatic carbocycles. The highest BCUT2D eigenvalue weighted by Crippen LogP contribution is 2.38. The molecule has 0 saturated heterocycles. The van der Waals surface area contributed by atoms with Crippen LogP contribution in [0.5, 0.6) is 5.75 Å². The van der Waals surface area contributed by atoms with E-state index in [0.717, 1.165) is 16.9 Å². The van der Waals surface area contributed by atoms with Gasteiger partial charge in [-0.05, 0) is 24.0 Å². The summed E-state index contributed by atoms with van der Waals surface area (Å²) in [6.45, 7) is 4.28. The minimum Gasteiger partial charge on any atom is -0.506 e. The number of hydrogen-bond donors (Lipinski definition) is 1. The van der Waals surface area contributed by atoms with Crippen LogP contribution in [0.4, 0.5) is 0 Å². The van der Waals surface area contributed by atoms with Crippen LogP contribution in [0.3, 0.4) is 0 Å². The van der Waals surface area contributed by atoms with Crippen molar-refractivity contribution in [2.75, 3.05) is 0 Å². The Labute approximate surface area is 151 Å². The third-order valence-corrected chi connectivity index (χ3v) is 5.39. The fraction of sp³-hybridized carbons (Fsp3) is 0.190. The molecule has 1 atom stereocenters. The Morgan fingerprint density at radius 1 is 1.08 bits per heavy atom. The van der Waals surface area contributed by atoms with Crippen LogP contribution in [0.1, 0.15) is 31.7 Å². The van der Waals surface area contributed by atoms with Crippen molar-refractivity contribution in [2.24, 2.45) is 0 Å². The highest BCUT2D eigenvalue weighted by molar-refractivity contribution is 7.99. The summed E-state index contributed by atoms with van der Waals surface area (Å²) in [5.41, 5.74) is 1.40. The molecule has 0 aliphatic rings. The average molecular weight is 352 g/mol. The number of hydrogen-bond acceptors (Lipinski definition) is 4. The highest BCUT2D eigenvalue weighted by atomic mass is 32.2. The average Bonchev–Trinajstić information content (AvgIpc) is 2.65. The molecule has 0 fully saturated rings. The molecule has 1 heterocycles. The summed E-state index contributed by atoms with van der Waals surface area (Å²) in [5.74, 6) is 0.684. The van der Waals surface area contributed by atoms with Gasteiger partial charge in [-0.2, -0.15) is 0 Å². The molecule has 0 bridgehead atoms. The van der Waals surface area contributed by atoms with Crippen molar-refractivity contribution in [1.29, 1.82) is 0 Å². The van der Waals surface area contributed by atoms with E-state index in [0.29, 0.717) is 11.7 Å². The van der Waals surface area contributed by atoms with Crippen LogP contribution in [0.25, 0.3) is 11.3 Å². The maximum Gasteiger partial charge on any atom is 0.354 e. The predicted molar refractivity (Wildman–Crippen MR) is 101 cm³/mol. The normalized spacial score (nSPS) is 12.1. The van der Waals surface area contributed by atoms with Crippen molar-refractivity contribution in [3.63, 3.8) is 0 Å². The molecule has 0 spiro atoms. The van der Waals surface area contributed by atoms with Crippen LogP contribution < -0.4 is 5.63 Å². The Hall–Kier alpha value is -2.46. The van der Waals surface area contributed by atoms with Gasteiger partial charge < -0.3 is 9.52 Å². The number of benzene rings is 2. The summed E-state index contributed by atoms with van der Waals surface area (Å²) >= 11 is 1.26. The van der Waals surface area contributed by atoms with Crippen LogP contribution in [-0.4, -0.2) is 5.11 Å². The monoisotopic (exact) mass is 352 g/mol. The Bertz CT molecular complexity index is 916. The molecule has 0 radical (unpaired) electrons. The van der Waals surface area contributed by atoms with Crippen molar-refractivity contribution < 1.29 is 9.52 Å². The Morgan fingerprint density at radius 2 is 1.76 bits per heavy atom. The van der Waals surface area contributed by atoms with Gasteiger partial charge >= 0.3 is 5.63 Å². The molecule has 0 amide bonds. The van der Waals surface area contributed by atoms with Crippen LogP contribution in [0.15, 0.2) is 79.7 Å². The van der Waals surface area contributed by atoms with E-state index in [1.807, 2.05) is 48.5 Å². The zero-order valence-corrected chi connectivity index (χ0v) is 15.0. The molecule has 128 valence electrons. The maximum absolute atomic E-state index is 12.4. The van der Waals surface area contributed by atoms with Gasteiger partial charge in [0, 0.05) is 16.5 Å². The van der Waals surface area contributed by atoms with E-state index in [1.54, 1.807) is 0 Å². The van der Waals surface area contributed by atoms with Crippen molar-refractivity contribution >= 4 is 11.8 Å². The van der Waals surface area contributed by atoms with Crippen LogP contribution in [0, 0.1) is 0 Å². The molecule has 2 aromatic carbocycles. The van der Waals surface area contributed by atoms with E-state index in [9.17, 15) is 9.90 Å². The zero-order valence-electron chi connectivity index (χ0n) is 14.2. The van der Waals surface area contributed by atoms with Gasteiger partial charge in [-0.15, -0.1) is 0 Å². The third kappa shape index (κ3) is 3.80. The summed E-state index contributed by atoms with van der Waals surface area (Å²) in [6.07, 6.45) is 1.01. The van der Waals surface area contributed by atoms with Gasteiger partial charge in [0.15, 0.2) is 0 Å². The first-order chi connectivity index (χ1) is 12.1. The van der Waals surface area contributed by atoms with Crippen LogP contribution >= 0.6 is 11.8 Å². The van der Waals surface area contributed by atoms with Gasteiger partial charge in [-0.1, -0.05) is 74.1 Å². The van der Waals surface area contributed by atoms with Crippen LogP contribution in [0.2, 0.25) is 0 Å². The maximum atomic E-state index is 12.4. The van der Waals surface area contributed by atoms with Gasteiger partial charge in [-0.3, -0.25) is 0 Å². The van der Waals surface area contributed by atoms with E-state index in [1.165, 1.54) is 23.4 Å². The smallest absolute Gasteiger partial charge is 0.354 e. The minimum atomic E-state index is -0.525. The summed E-state index contributed by atoms with van der Waals surface area (Å²) < 4.78 is 5.44. The second kappa shape index (κ2) is 7.62. The highest BCUT2D eigenvalue weighted by Gasteiger charge is 2.17. The standard InChI is InChI=1S/C21H20O3S/c1-3-14(2)16-11-7-8-12-19(16)25-20-17(22)13-18(24-21(20)23)15-9-5-4-6-10-15/h4-14,22H,3H2,1-2H3. The Balaban J connectivity index is 1.99. The van der Waals surface area contributed by atoms with E-state index in [-0.39, 0.29) is 10.6 Å². The zero-order chi connectivity index (χ0) is 17.8. The Morgan fingerprint density at radius 3 is 2.44 bits per heavy atom. The summed E-state index contributed by atoms with van der Waals surface area (Å²) in [7, 11) is 0. The minimum absolute atomic E-state index is 0.0564. The lowest BCUT2D eigenvalue weighted by atomic mass is 9.99.